The number of methoxy groups -OCH3 is 2. The minimum absolute atomic E-state index is 0.352. The molecule has 146 valence electrons. The summed E-state index contributed by atoms with van der Waals surface area (Å²) in [5.41, 5.74) is 5.55. The van der Waals surface area contributed by atoms with E-state index in [-0.39, 0.29) is 5.91 Å². The molecule has 2 heterocycles. The van der Waals surface area contributed by atoms with E-state index in [0.717, 1.165) is 21.9 Å². The average molecular weight is 406 g/mol. The van der Waals surface area contributed by atoms with E-state index in [4.69, 9.17) is 9.47 Å². The molecule has 0 unspecified atom stereocenters. The summed E-state index contributed by atoms with van der Waals surface area (Å²) in [5, 5.41) is 6.11. The summed E-state index contributed by atoms with van der Waals surface area (Å²) in [6, 6.07) is 14.8. The van der Waals surface area contributed by atoms with E-state index in [9.17, 15) is 4.79 Å². The van der Waals surface area contributed by atoms with Crippen molar-refractivity contribution < 1.29 is 14.3 Å². The van der Waals surface area contributed by atoms with Gasteiger partial charge in [-0.2, -0.15) is 5.10 Å². The number of hydrogen-bond acceptors (Lipinski definition) is 6. The van der Waals surface area contributed by atoms with Crippen LogP contribution in [0.15, 0.2) is 65.2 Å². The molecule has 2 aromatic carbocycles. The first-order valence-corrected chi connectivity index (χ1v) is 9.65. The van der Waals surface area contributed by atoms with Gasteiger partial charge in [0.05, 0.1) is 31.8 Å². The van der Waals surface area contributed by atoms with Crippen LogP contribution in [0.25, 0.3) is 16.2 Å². The number of carbonyl (C=O) groups is 1. The smallest absolute Gasteiger partial charge is 0.271 e. The number of fused-ring (bicyclic) bond motifs is 1. The Labute approximate surface area is 171 Å². The standard InChI is InChI=1S/C21H18N4O3S/c1-27-17-9-8-15(12-18(17)28-2)20(26)24-22-13-16-19(14-6-4-3-5-7-14)23-21-25(16)10-11-29-21/h3-13H,1-2H3,(H,24,26)/b22-13+. The van der Waals surface area contributed by atoms with E-state index in [0.29, 0.717) is 17.1 Å². The zero-order chi connectivity index (χ0) is 20.2. The molecule has 7 nitrogen and oxygen atoms in total. The molecule has 0 aliphatic rings. The largest absolute Gasteiger partial charge is 0.493 e. The lowest BCUT2D eigenvalue weighted by molar-refractivity contribution is 0.0954. The molecule has 0 bridgehead atoms. The van der Waals surface area contributed by atoms with E-state index in [1.807, 2.05) is 46.3 Å². The molecule has 0 saturated carbocycles. The number of hydrogen-bond donors (Lipinski definition) is 1. The number of rotatable bonds is 6. The number of aromatic nitrogens is 2. The monoisotopic (exact) mass is 406 g/mol. The molecule has 0 atom stereocenters. The quantitative estimate of drug-likeness (QED) is 0.390. The molecule has 8 heteroatoms. The van der Waals surface area contributed by atoms with Gasteiger partial charge in [0.15, 0.2) is 16.5 Å². The second-order valence-electron chi connectivity index (χ2n) is 6.04. The van der Waals surface area contributed by atoms with Crippen LogP contribution >= 0.6 is 11.3 Å². The Morgan fingerprint density at radius 1 is 1.14 bits per heavy atom. The number of hydrazone groups is 1. The predicted octanol–water partition coefficient (Wildman–Crippen LogP) is 3.84. The van der Waals surface area contributed by atoms with Crippen molar-refractivity contribution in [3.63, 3.8) is 0 Å². The number of amides is 1. The maximum atomic E-state index is 12.5. The zero-order valence-corrected chi connectivity index (χ0v) is 16.6. The van der Waals surface area contributed by atoms with Crippen molar-refractivity contribution in [3.8, 4) is 22.8 Å². The van der Waals surface area contributed by atoms with Crippen LogP contribution in [0, 0.1) is 0 Å². The summed E-state index contributed by atoms with van der Waals surface area (Å²) in [6.45, 7) is 0. The van der Waals surface area contributed by atoms with Crippen molar-refractivity contribution in [2.45, 2.75) is 0 Å². The number of carbonyl (C=O) groups excluding carboxylic acids is 1. The fourth-order valence-corrected chi connectivity index (χ4v) is 3.65. The highest BCUT2D eigenvalue weighted by atomic mass is 32.1. The van der Waals surface area contributed by atoms with Crippen molar-refractivity contribution in [2.75, 3.05) is 14.2 Å². The molecular weight excluding hydrogens is 388 g/mol. The van der Waals surface area contributed by atoms with Gasteiger partial charge in [0.2, 0.25) is 0 Å². The molecule has 4 rings (SSSR count). The van der Waals surface area contributed by atoms with Crippen molar-refractivity contribution in [1.29, 1.82) is 0 Å². The van der Waals surface area contributed by atoms with Crippen molar-refractivity contribution >= 4 is 28.4 Å². The van der Waals surface area contributed by atoms with Gasteiger partial charge in [-0.25, -0.2) is 10.4 Å². The van der Waals surface area contributed by atoms with Crippen molar-refractivity contribution in [2.24, 2.45) is 5.10 Å². The summed E-state index contributed by atoms with van der Waals surface area (Å²) in [4.78, 5) is 18.0. The predicted molar refractivity (Wildman–Crippen MR) is 113 cm³/mol. The normalized spacial score (nSPS) is 11.1. The second kappa shape index (κ2) is 8.15. The van der Waals surface area contributed by atoms with E-state index >= 15 is 0 Å². The van der Waals surface area contributed by atoms with Crippen molar-refractivity contribution in [3.05, 3.63) is 71.4 Å². The highest BCUT2D eigenvalue weighted by molar-refractivity contribution is 7.15. The van der Waals surface area contributed by atoms with Crippen LogP contribution in [-0.2, 0) is 0 Å². The van der Waals surface area contributed by atoms with Crippen LogP contribution in [0.4, 0.5) is 0 Å². The summed E-state index contributed by atoms with van der Waals surface area (Å²) >= 11 is 1.54. The summed E-state index contributed by atoms with van der Waals surface area (Å²) in [7, 11) is 3.07. The van der Waals surface area contributed by atoms with E-state index in [1.165, 1.54) is 18.4 Å². The maximum absolute atomic E-state index is 12.5. The number of thiazole rings is 1. The molecule has 0 spiro atoms. The topological polar surface area (TPSA) is 77.2 Å². The Morgan fingerprint density at radius 3 is 2.69 bits per heavy atom. The first kappa shape index (κ1) is 18.7. The molecule has 4 aromatic rings. The minimum Gasteiger partial charge on any atom is -0.493 e. The lowest BCUT2D eigenvalue weighted by atomic mass is 10.1. The number of ether oxygens (including phenoxy) is 2. The van der Waals surface area contributed by atoms with Crippen LogP contribution in [-0.4, -0.2) is 35.7 Å². The Kier molecular flexibility index (Phi) is 5.26. The van der Waals surface area contributed by atoms with Gasteiger partial charge >= 0.3 is 0 Å². The van der Waals surface area contributed by atoms with E-state index < -0.39 is 0 Å². The number of nitrogens with zero attached hydrogens (tertiary/aromatic N) is 3. The van der Waals surface area contributed by atoms with Gasteiger partial charge in [0.1, 0.15) is 0 Å². The second-order valence-corrected chi connectivity index (χ2v) is 6.91. The SMILES string of the molecule is COc1ccc(C(=O)N/N=C/c2c(-c3ccccc3)nc3sccn23)cc1OC. The Bertz CT molecular complexity index is 1180. The molecule has 1 amide bonds. The third kappa shape index (κ3) is 3.70. The first-order chi connectivity index (χ1) is 14.2. The van der Waals surface area contributed by atoms with Crippen molar-refractivity contribution in [1.82, 2.24) is 14.8 Å². The fraction of sp³-hybridized carbons (Fsp3) is 0.0952. The molecule has 0 aliphatic heterocycles. The summed E-state index contributed by atoms with van der Waals surface area (Å²) in [5.74, 6) is 0.681. The third-order valence-corrected chi connectivity index (χ3v) is 5.10. The van der Waals surface area contributed by atoms with Crippen LogP contribution in [0.3, 0.4) is 0 Å². The first-order valence-electron chi connectivity index (χ1n) is 8.77. The highest BCUT2D eigenvalue weighted by Crippen LogP contribution is 2.28. The van der Waals surface area contributed by atoms with Crippen LogP contribution < -0.4 is 14.9 Å². The minimum atomic E-state index is -0.352. The maximum Gasteiger partial charge on any atom is 0.271 e. The van der Waals surface area contributed by atoms with Crippen LogP contribution in [0.5, 0.6) is 11.5 Å². The Morgan fingerprint density at radius 2 is 1.93 bits per heavy atom. The van der Waals surface area contributed by atoms with Gasteiger partial charge in [-0.1, -0.05) is 30.3 Å². The van der Waals surface area contributed by atoms with Gasteiger partial charge in [0.25, 0.3) is 5.91 Å². The zero-order valence-electron chi connectivity index (χ0n) is 15.8. The van der Waals surface area contributed by atoms with Gasteiger partial charge in [-0.15, -0.1) is 11.3 Å². The Balaban J connectivity index is 1.59. The van der Waals surface area contributed by atoms with Gasteiger partial charge < -0.3 is 9.47 Å². The molecule has 2 aromatic heterocycles. The number of nitrogens with one attached hydrogen (secondary N) is 1. The highest BCUT2D eigenvalue weighted by Gasteiger charge is 2.14. The fourth-order valence-electron chi connectivity index (χ4n) is 2.93. The van der Waals surface area contributed by atoms with E-state index in [1.54, 1.807) is 31.5 Å². The van der Waals surface area contributed by atoms with Gasteiger partial charge in [-0.05, 0) is 18.2 Å². The molecule has 0 fully saturated rings. The van der Waals surface area contributed by atoms with E-state index in [2.05, 4.69) is 15.5 Å². The van der Waals surface area contributed by atoms with Crippen LogP contribution in [0.2, 0.25) is 0 Å². The third-order valence-electron chi connectivity index (χ3n) is 4.34. The molecule has 0 saturated heterocycles. The molecule has 29 heavy (non-hydrogen) atoms. The van der Waals surface area contributed by atoms with Crippen LogP contribution in [0.1, 0.15) is 16.1 Å². The summed E-state index contributed by atoms with van der Waals surface area (Å²) < 4.78 is 12.4. The Hall–Kier alpha value is -3.65. The summed E-state index contributed by atoms with van der Waals surface area (Å²) in [6.07, 6.45) is 3.53. The lowest BCUT2D eigenvalue weighted by Crippen LogP contribution is -2.17. The molecule has 0 radical (unpaired) electrons. The number of imidazole rings is 1. The van der Waals surface area contributed by atoms with Gasteiger partial charge in [-0.3, -0.25) is 9.20 Å². The number of benzene rings is 2. The molecule has 0 aliphatic carbocycles. The molecule has 1 N–H and O–H groups in total. The molecular formula is C21H18N4O3S. The lowest BCUT2D eigenvalue weighted by Gasteiger charge is -2.08. The average Bonchev–Trinajstić information content (AvgIpc) is 3.36. The van der Waals surface area contributed by atoms with Gasteiger partial charge in [0, 0.05) is 22.7 Å².